The number of anilines is 1. The third-order valence-electron chi connectivity index (χ3n) is 3.91. The van der Waals surface area contributed by atoms with E-state index in [1.807, 2.05) is 0 Å². The smallest absolute Gasteiger partial charge is 0.329 e. The second-order valence-electron chi connectivity index (χ2n) is 5.94. The number of ether oxygens (including phenoxy) is 1. The molecule has 2 aliphatic rings. The number of carboxylic acid groups (broad SMARTS) is 1. The maximum atomic E-state index is 14.3. The predicted octanol–water partition coefficient (Wildman–Crippen LogP) is 0.667. The van der Waals surface area contributed by atoms with Crippen LogP contribution in [0.4, 0.5) is 14.5 Å². The minimum atomic E-state index is -3.33. The molecule has 2 saturated heterocycles. The first-order valence-electron chi connectivity index (χ1n) is 7.69. The summed E-state index contributed by atoms with van der Waals surface area (Å²) in [6, 6.07) is 2.19. The van der Waals surface area contributed by atoms with Gasteiger partial charge in [0, 0.05) is 11.3 Å². The number of hydrogen-bond acceptors (Lipinski definition) is 6. The van der Waals surface area contributed by atoms with Crippen LogP contribution in [0.5, 0.6) is 0 Å². The van der Waals surface area contributed by atoms with Crippen LogP contribution in [0.3, 0.4) is 0 Å². The molecule has 0 bridgehead atoms. The van der Waals surface area contributed by atoms with Crippen LogP contribution in [0.1, 0.15) is 0 Å². The van der Waals surface area contributed by atoms with Gasteiger partial charge in [-0.05, 0) is 12.1 Å². The molecule has 2 aliphatic heterocycles. The summed E-state index contributed by atoms with van der Waals surface area (Å²) >= 11 is 1.01. The molecule has 0 saturated carbocycles. The molecule has 12 heteroatoms. The van der Waals surface area contributed by atoms with Crippen LogP contribution < -0.4 is 4.90 Å². The first kappa shape index (κ1) is 19.7. The Bertz CT molecular complexity index is 921. The predicted molar refractivity (Wildman–Crippen MR) is 93.6 cm³/mol. The van der Waals surface area contributed by atoms with Gasteiger partial charge >= 0.3 is 5.97 Å². The van der Waals surface area contributed by atoms with E-state index in [1.54, 1.807) is 0 Å². The molecule has 2 fully saturated rings. The highest BCUT2D eigenvalue weighted by Gasteiger charge is 2.50. The number of carboxylic acids is 1. The standard InChI is InChI=1S/C15H14F2N2O6S2/c16-8-1-2-10(9(17)3-8)19-11-6-27(23,24)7-12(11)26-15(19)18-13(20)4-25-5-14(21)22/h1-3,11-12H,4-7H2,(H,21,22)/t11-,12-/m1/s1. The molecular formula is C15H14F2N2O6S2. The van der Waals surface area contributed by atoms with Crippen LogP contribution in [-0.4, -0.2) is 66.6 Å². The summed E-state index contributed by atoms with van der Waals surface area (Å²) in [7, 11) is -3.33. The van der Waals surface area contributed by atoms with Crippen LogP contribution in [0, 0.1) is 11.6 Å². The summed E-state index contributed by atoms with van der Waals surface area (Å²) in [6.07, 6.45) is 0. The minimum Gasteiger partial charge on any atom is -0.480 e. The van der Waals surface area contributed by atoms with E-state index < -0.39 is 57.9 Å². The number of sulfone groups is 1. The van der Waals surface area contributed by atoms with Crippen LogP contribution in [0.15, 0.2) is 23.2 Å². The summed E-state index contributed by atoms with van der Waals surface area (Å²) in [5, 5.41) is 8.11. The lowest BCUT2D eigenvalue weighted by Gasteiger charge is -2.24. The topological polar surface area (TPSA) is 113 Å². The number of aliphatic imine (C=N–C) groups is 1. The summed E-state index contributed by atoms with van der Waals surface area (Å²) in [5.41, 5.74) is -0.0912. The number of aliphatic carboxylic acids is 1. The van der Waals surface area contributed by atoms with E-state index in [0.717, 1.165) is 23.9 Å². The number of carbonyl (C=O) groups is 2. The molecule has 146 valence electrons. The lowest BCUT2D eigenvalue weighted by atomic mass is 10.2. The quantitative estimate of drug-likeness (QED) is 0.740. The summed E-state index contributed by atoms with van der Waals surface area (Å²) < 4.78 is 56.0. The number of fused-ring (bicyclic) bond motifs is 1. The van der Waals surface area contributed by atoms with Gasteiger partial charge < -0.3 is 14.7 Å². The molecule has 1 aromatic carbocycles. The number of nitrogens with zero attached hydrogens (tertiary/aromatic N) is 2. The third-order valence-corrected chi connectivity index (χ3v) is 7.12. The number of benzene rings is 1. The molecule has 0 radical (unpaired) electrons. The molecule has 3 rings (SSSR count). The fraction of sp³-hybridized carbons (Fsp3) is 0.400. The fourth-order valence-electron chi connectivity index (χ4n) is 2.89. The molecule has 0 aliphatic carbocycles. The van der Waals surface area contributed by atoms with Crippen molar-refractivity contribution in [3.8, 4) is 0 Å². The van der Waals surface area contributed by atoms with Gasteiger partial charge in [-0.15, -0.1) is 0 Å². The van der Waals surface area contributed by atoms with Crippen molar-refractivity contribution in [2.45, 2.75) is 11.3 Å². The van der Waals surface area contributed by atoms with Crippen molar-refractivity contribution in [3.05, 3.63) is 29.8 Å². The molecule has 0 spiro atoms. The van der Waals surface area contributed by atoms with Crippen molar-refractivity contribution < 1.29 is 36.6 Å². The molecule has 2 atom stereocenters. The van der Waals surface area contributed by atoms with Crippen LogP contribution >= 0.6 is 11.8 Å². The van der Waals surface area contributed by atoms with E-state index in [9.17, 15) is 26.8 Å². The van der Waals surface area contributed by atoms with Crippen LogP contribution in [-0.2, 0) is 24.2 Å². The summed E-state index contributed by atoms with van der Waals surface area (Å²) in [5.74, 6) is -4.15. The van der Waals surface area contributed by atoms with Crippen molar-refractivity contribution in [1.29, 1.82) is 0 Å². The Balaban J connectivity index is 1.89. The van der Waals surface area contributed by atoms with Gasteiger partial charge in [-0.25, -0.2) is 22.0 Å². The maximum Gasteiger partial charge on any atom is 0.329 e. The fourth-order valence-corrected chi connectivity index (χ4v) is 6.81. The maximum absolute atomic E-state index is 14.3. The Morgan fingerprint density at radius 3 is 2.70 bits per heavy atom. The highest BCUT2D eigenvalue weighted by Crippen LogP contribution is 2.41. The highest BCUT2D eigenvalue weighted by molar-refractivity contribution is 8.16. The zero-order valence-corrected chi connectivity index (χ0v) is 15.3. The number of amides is 1. The van der Waals surface area contributed by atoms with E-state index in [1.165, 1.54) is 4.90 Å². The van der Waals surface area contributed by atoms with Gasteiger partial charge in [0.05, 0.1) is 23.2 Å². The second-order valence-corrected chi connectivity index (χ2v) is 9.30. The Morgan fingerprint density at radius 2 is 2.04 bits per heavy atom. The number of rotatable bonds is 5. The SMILES string of the molecule is O=C(O)COCC(=O)N=C1S[C@@H]2CS(=O)(=O)C[C@H]2N1c1ccc(F)cc1F. The van der Waals surface area contributed by atoms with E-state index in [0.29, 0.717) is 6.07 Å². The lowest BCUT2D eigenvalue weighted by Crippen LogP contribution is -2.38. The monoisotopic (exact) mass is 420 g/mol. The van der Waals surface area contributed by atoms with E-state index >= 15 is 0 Å². The van der Waals surface area contributed by atoms with E-state index in [-0.39, 0.29) is 22.4 Å². The number of thioether (sulfide) groups is 1. The van der Waals surface area contributed by atoms with Crippen molar-refractivity contribution >= 4 is 44.3 Å². The molecule has 0 aromatic heterocycles. The average molecular weight is 420 g/mol. The second kappa shape index (κ2) is 7.52. The molecule has 1 amide bonds. The van der Waals surface area contributed by atoms with Crippen LogP contribution in [0.25, 0.3) is 0 Å². The summed E-state index contributed by atoms with van der Waals surface area (Å²) in [6.45, 7) is -1.27. The first-order chi connectivity index (χ1) is 12.7. The van der Waals surface area contributed by atoms with Gasteiger partial charge in [0.2, 0.25) is 0 Å². The number of halogens is 2. The van der Waals surface area contributed by atoms with Crippen molar-refractivity contribution in [3.63, 3.8) is 0 Å². The van der Waals surface area contributed by atoms with Crippen LogP contribution in [0.2, 0.25) is 0 Å². The molecule has 1 N–H and O–H groups in total. The molecule has 27 heavy (non-hydrogen) atoms. The Morgan fingerprint density at radius 1 is 1.30 bits per heavy atom. The Labute approximate surface area is 157 Å². The molecule has 2 heterocycles. The minimum absolute atomic E-state index is 0.0642. The third kappa shape index (κ3) is 4.45. The Hall–Kier alpha value is -2.05. The van der Waals surface area contributed by atoms with E-state index in [4.69, 9.17) is 5.11 Å². The molecular weight excluding hydrogens is 406 g/mol. The zero-order valence-electron chi connectivity index (χ0n) is 13.7. The van der Waals surface area contributed by atoms with Gasteiger partial charge in [0.25, 0.3) is 5.91 Å². The van der Waals surface area contributed by atoms with Gasteiger partial charge in [0.1, 0.15) is 24.8 Å². The number of hydrogen-bond donors (Lipinski definition) is 1. The number of amidine groups is 1. The lowest BCUT2D eigenvalue weighted by molar-refractivity contribution is -0.143. The average Bonchev–Trinajstić information content (AvgIpc) is 2.98. The van der Waals surface area contributed by atoms with Crippen molar-refractivity contribution in [1.82, 2.24) is 0 Å². The van der Waals surface area contributed by atoms with Gasteiger partial charge in [-0.3, -0.25) is 4.79 Å². The largest absolute Gasteiger partial charge is 0.480 e. The van der Waals surface area contributed by atoms with Crippen molar-refractivity contribution in [2.75, 3.05) is 29.6 Å². The zero-order chi connectivity index (χ0) is 19.8. The van der Waals surface area contributed by atoms with Crippen molar-refractivity contribution in [2.24, 2.45) is 4.99 Å². The van der Waals surface area contributed by atoms with Gasteiger partial charge in [-0.2, -0.15) is 4.99 Å². The number of carbonyl (C=O) groups excluding carboxylic acids is 1. The molecule has 1 aromatic rings. The highest BCUT2D eigenvalue weighted by atomic mass is 32.2. The van der Waals surface area contributed by atoms with Gasteiger partial charge in [-0.1, -0.05) is 11.8 Å². The Kier molecular flexibility index (Phi) is 5.49. The van der Waals surface area contributed by atoms with Gasteiger partial charge in [0.15, 0.2) is 15.0 Å². The normalized spacial score (nSPS) is 25.0. The molecule has 8 nitrogen and oxygen atoms in total. The van der Waals surface area contributed by atoms with E-state index in [2.05, 4.69) is 9.73 Å². The summed E-state index contributed by atoms with van der Waals surface area (Å²) in [4.78, 5) is 27.4. The first-order valence-corrected chi connectivity index (χ1v) is 10.4. The molecule has 0 unspecified atom stereocenters.